The third-order valence-corrected chi connectivity index (χ3v) is 4.23. The number of oxime groups is 1. The van der Waals surface area contributed by atoms with E-state index in [1.807, 2.05) is 0 Å². The van der Waals surface area contributed by atoms with Gasteiger partial charge in [-0.25, -0.2) is 0 Å². The van der Waals surface area contributed by atoms with Crippen molar-refractivity contribution in [1.82, 2.24) is 0 Å². The molecule has 1 saturated carbocycles. The lowest BCUT2D eigenvalue weighted by Crippen LogP contribution is -2.08. The first kappa shape index (κ1) is 13.1. The van der Waals surface area contributed by atoms with Crippen LogP contribution in [0.1, 0.15) is 32.1 Å². The predicted molar refractivity (Wildman–Crippen MR) is 69.8 cm³/mol. The second-order valence-electron chi connectivity index (χ2n) is 4.49. The molecule has 0 aromatic heterocycles. The molecule has 0 N–H and O–H groups in total. The zero-order valence-corrected chi connectivity index (χ0v) is 11.0. The maximum atomic E-state index is 11.7. The van der Waals surface area contributed by atoms with Crippen LogP contribution in [-0.2, 0) is 14.4 Å². The normalized spacial score (nSPS) is 18.0. The van der Waals surface area contributed by atoms with E-state index in [1.54, 1.807) is 24.4 Å². The minimum atomic E-state index is -3.76. The molecule has 0 aliphatic heterocycles. The average Bonchev–Trinajstić information content (AvgIpc) is 2.41. The lowest BCUT2D eigenvalue weighted by atomic mass is 9.90. The summed E-state index contributed by atoms with van der Waals surface area (Å²) in [5, 5.41) is 3.63. The van der Waals surface area contributed by atoms with E-state index in [4.69, 9.17) is 0 Å². The summed E-state index contributed by atoms with van der Waals surface area (Å²) in [4.78, 5) is 0.130. The van der Waals surface area contributed by atoms with Gasteiger partial charge in [-0.05, 0) is 30.9 Å². The van der Waals surface area contributed by atoms with Gasteiger partial charge in [-0.1, -0.05) is 42.6 Å². The molecule has 5 heteroatoms. The van der Waals surface area contributed by atoms with Gasteiger partial charge in [0.1, 0.15) is 4.90 Å². The summed E-state index contributed by atoms with van der Waals surface area (Å²) in [5.41, 5.74) is 0. The summed E-state index contributed by atoms with van der Waals surface area (Å²) in [6.45, 7) is 0. The standard InChI is InChI=1S/C13H17NO3S/c15-18(16,13-9-5-2-6-10-13)17-14-11-12-7-3-1-4-8-12/h2,5-6,9-12H,1,3-4,7-8H2. The molecule has 2 rings (SSSR count). The Labute approximate surface area is 108 Å². The van der Waals surface area contributed by atoms with E-state index in [-0.39, 0.29) is 4.90 Å². The number of benzene rings is 1. The molecule has 4 nitrogen and oxygen atoms in total. The molecule has 0 atom stereocenters. The summed E-state index contributed by atoms with van der Waals surface area (Å²) in [5.74, 6) is 0.352. The Hall–Kier alpha value is -1.36. The van der Waals surface area contributed by atoms with Gasteiger partial charge in [0, 0.05) is 6.21 Å². The highest BCUT2D eigenvalue weighted by molar-refractivity contribution is 7.86. The molecule has 0 spiro atoms. The zero-order chi connectivity index (χ0) is 12.8. The smallest absolute Gasteiger partial charge is 0.265 e. The Morgan fingerprint density at radius 2 is 1.78 bits per heavy atom. The summed E-state index contributed by atoms with van der Waals surface area (Å²) >= 11 is 0. The third-order valence-electron chi connectivity index (χ3n) is 3.09. The van der Waals surface area contributed by atoms with Crippen molar-refractivity contribution in [2.45, 2.75) is 37.0 Å². The minimum Gasteiger partial charge on any atom is -0.265 e. The lowest BCUT2D eigenvalue weighted by molar-refractivity contribution is 0.334. The molecule has 0 saturated heterocycles. The maximum Gasteiger partial charge on any atom is 0.358 e. The molecular formula is C13H17NO3S. The van der Waals surface area contributed by atoms with Crippen molar-refractivity contribution in [3.05, 3.63) is 30.3 Å². The monoisotopic (exact) mass is 267 g/mol. The third kappa shape index (κ3) is 3.57. The quantitative estimate of drug-likeness (QED) is 0.622. The van der Waals surface area contributed by atoms with Gasteiger partial charge >= 0.3 is 10.1 Å². The first-order valence-corrected chi connectivity index (χ1v) is 7.61. The first-order chi connectivity index (χ1) is 8.68. The maximum absolute atomic E-state index is 11.7. The van der Waals surface area contributed by atoms with Crippen LogP contribution >= 0.6 is 0 Å². The molecule has 0 heterocycles. The second-order valence-corrected chi connectivity index (χ2v) is 6.02. The number of hydrogen-bond acceptors (Lipinski definition) is 4. The molecule has 1 aliphatic carbocycles. The fourth-order valence-electron chi connectivity index (χ4n) is 2.08. The van der Waals surface area contributed by atoms with Crippen LogP contribution in [0.2, 0.25) is 0 Å². The molecule has 1 aromatic carbocycles. The van der Waals surface area contributed by atoms with Crippen LogP contribution in [0, 0.1) is 5.92 Å². The van der Waals surface area contributed by atoms with E-state index in [2.05, 4.69) is 9.44 Å². The molecule has 18 heavy (non-hydrogen) atoms. The first-order valence-electron chi connectivity index (χ1n) is 6.21. The number of hydrogen-bond donors (Lipinski definition) is 0. The van der Waals surface area contributed by atoms with Gasteiger partial charge in [-0.3, -0.25) is 4.28 Å². The molecule has 0 amide bonds. The van der Waals surface area contributed by atoms with Gasteiger partial charge < -0.3 is 0 Å². The van der Waals surface area contributed by atoms with Crippen LogP contribution in [0.3, 0.4) is 0 Å². The molecule has 1 fully saturated rings. The largest absolute Gasteiger partial charge is 0.358 e. The van der Waals surface area contributed by atoms with Crippen LogP contribution in [0.25, 0.3) is 0 Å². The van der Waals surface area contributed by atoms with Gasteiger partial charge in [0.2, 0.25) is 0 Å². The van der Waals surface area contributed by atoms with Crippen molar-refractivity contribution in [2.75, 3.05) is 0 Å². The van der Waals surface area contributed by atoms with E-state index >= 15 is 0 Å². The minimum absolute atomic E-state index is 0.130. The molecule has 98 valence electrons. The van der Waals surface area contributed by atoms with Crippen molar-refractivity contribution in [3.8, 4) is 0 Å². The molecule has 1 aliphatic rings. The van der Waals surface area contributed by atoms with Crippen molar-refractivity contribution >= 4 is 16.3 Å². The van der Waals surface area contributed by atoms with Gasteiger partial charge in [0.25, 0.3) is 0 Å². The highest BCUT2D eigenvalue weighted by atomic mass is 32.2. The summed E-state index contributed by atoms with van der Waals surface area (Å²) < 4.78 is 28.1. The molecular weight excluding hydrogens is 250 g/mol. The van der Waals surface area contributed by atoms with E-state index in [0.717, 1.165) is 12.8 Å². The number of nitrogens with zero attached hydrogens (tertiary/aromatic N) is 1. The molecule has 0 radical (unpaired) electrons. The van der Waals surface area contributed by atoms with Crippen LogP contribution < -0.4 is 0 Å². The van der Waals surface area contributed by atoms with E-state index in [1.165, 1.54) is 31.4 Å². The predicted octanol–water partition coefficient (Wildman–Crippen LogP) is 2.96. The Morgan fingerprint density at radius 1 is 1.11 bits per heavy atom. The van der Waals surface area contributed by atoms with Crippen molar-refractivity contribution in [1.29, 1.82) is 0 Å². The van der Waals surface area contributed by atoms with Crippen LogP contribution in [0.5, 0.6) is 0 Å². The van der Waals surface area contributed by atoms with E-state index < -0.39 is 10.1 Å². The Kier molecular flexibility index (Phi) is 4.36. The highest BCUT2D eigenvalue weighted by Gasteiger charge is 2.15. The van der Waals surface area contributed by atoms with Crippen molar-refractivity contribution < 1.29 is 12.7 Å². The highest BCUT2D eigenvalue weighted by Crippen LogP contribution is 2.22. The Morgan fingerprint density at radius 3 is 2.44 bits per heavy atom. The summed E-state index contributed by atoms with van der Waals surface area (Å²) in [6.07, 6.45) is 7.38. The topological polar surface area (TPSA) is 55.7 Å². The molecule has 0 unspecified atom stereocenters. The lowest BCUT2D eigenvalue weighted by Gasteiger charge is -2.16. The van der Waals surface area contributed by atoms with Gasteiger partial charge in [0.15, 0.2) is 0 Å². The van der Waals surface area contributed by atoms with E-state index in [0.29, 0.717) is 5.92 Å². The number of rotatable bonds is 4. The van der Waals surface area contributed by atoms with Crippen LogP contribution in [0.4, 0.5) is 0 Å². The van der Waals surface area contributed by atoms with Gasteiger partial charge in [-0.15, -0.1) is 0 Å². The van der Waals surface area contributed by atoms with Crippen molar-refractivity contribution in [2.24, 2.45) is 11.1 Å². The fourth-order valence-corrected chi connectivity index (χ4v) is 2.82. The van der Waals surface area contributed by atoms with Gasteiger partial charge in [0.05, 0.1) is 0 Å². The van der Waals surface area contributed by atoms with Crippen LogP contribution in [0.15, 0.2) is 40.4 Å². The van der Waals surface area contributed by atoms with Gasteiger partial charge in [-0.2, -0.15) is 8.42 Å². The molecule has 0 bridgehead atoms. The summed E-state index contributed by atoms with van der Waals surface area (Å²) in [7, 11) is -3.76. The zero-order valence-electron chi connectivity index (χ0n) is 10.2. The van der Waals surface area contributed by atoms with Crippen LogP contribution in [-0.4, -0.2) is 14.6 Å². The van der Waals surface area contributed by atoms with E-state index in [9.17, 15) is 8.42 Å². The van der Waals surface area contributed by atoms with Crippen molar-refractivity contribution in [3.63, 3.8) is 0 Å². The Bertz CT molecular complexity index is 490. The second kappa shape index (κ2) is 6.00. The fraction of sp³-hybridized carbons (Fsp3) is 0.462. The SMILES string of the molecule is O=S(=O)(ON=CC1CCCCC1)c1ccccc1. The Balaban J connectivity index is 1.95. The summed E-state index contributed by atoms with van der Waals surface area (Å²) in [6, 6.07) is 8.05. The molecule has 1 aromatic rings. The average molecular weight is 267 g/mol.